The van der Waals surface area contributed by atoms with Crippen LogP contribution in [-0.4, -0.2) is 23.9 Å². The molecule has 0 atom stereocenters. The first-order valence-electron chi connectivity index (χ1n) is 5.50. The summed E-state index contributed by atoms with van der Waals surface area (Å²) in [6, 6.07) is 2.87. The van der Waals surface area contributed by atoms with Crippen LogP contribution in [0.15, 0.2) is 12.1 Å². The molecule has 106 valence electrons. The molecule has 0 saturated heterocycles. The van der Waals surface area contributed by atoms with Gasteiger partial charge in [0.15, 0.2) is 0 Å². The summed E-state index contributed by atoms with van der Waals surface area (Å²) < 4.78 is 0. The lowest BCUT2D eigenvalue weighted by molar-refractivity contribution is -0.384. The fraction of sp³-hybridized carbons (Fsp3) is 0.364. The highest BCUT2D eigenvalue weighted by Gasteiger charge is 2.20. The molecule has 1 amide bonds. The summed E-state index contributed by atoms with van der Waals surface area (Å²) in [6.45, 7) is 2.54. The van der Waals surface area contributed by atoms with Crippen molar-refractivity contribution in [3.63, 3.8) is 0 Å². The maximum atomic E-state index is 11.8. The Morgan fingerprint density at radius 3 is 2.63 bits per heavy atom. The van der Waals surface area contributed by atoms with Crippen LogP contribution < -0.4 is 16.8 Å². The summed E-state index contributed by atoms with van der Waals surface area (Å²) in [4.78, 5) is 22.0. The van der Waals surface area contributed by atoms with Crippen LogP contribution in [0.5, 0.6) is 0 Å². The van der Waals surface area contributed by atoms with E-state index in [9.17, 15) is 14.9 Å². The number of halogens is 1. The summed E-state index contributed by atoms with van der Waals surface area (Å²) in [5.74, 6) is -0.423. The molecular weight excluding hydrogens is 272 g/mol. The Morgan fingerprint density at radius 1 is 1.47 bits per heavy atom. The molecule has 0 aliphatic heterocycles. The van der Waals surface area contributed by atoms with Gasteiger partial charge in [0.25, 0.3) is 11.6 Å². The normalized spacial score (nSPS) is 9.58. The number of carbonyl (C=O) groups excluding carboxylic acids is 1. The number of rotatable bonds is 5. The van der Waals surface area contributed by atoms with Crippen LogP contribution in [0.3, 0.4) is 0 Å². The summed E-state index contributed by atoms with van der Waals surface area (Å²) in [7, 11) is 0. The van der Waals surface area contributed by atoms with Gasteiger partial charge in [-0.25, -0.2) is 0 Å². The Morgan fingerprint density at radius 2 is 2.11 bits per heavy atom. The Bertz CT molecular complexity index is 479. The molecule has 5 N–H and O–H groups in total. The standard InChI is InChI=1S/C11H16N4O3.ClH/c1-7-5-8(11(16)14-4-2-3-12)10(13)9(6-7)15(17)18;/h5-6H,2-4,12-13H2,1H3,(H,14,16);1H. The van der Waals surface area contributed by atoms with E-state index in [0.29, 0.717) is 25.1 Å². The van der Waals surface area contributed by atoms with Crippen molar-refractivity contribution in [3.05, 3.63) is 33.4 Å². The maximum absolute atomic E-state index is 11.8. The molecule has 0 heterocycles. The van der Waals surface area contributed by atoms with Gasteiger partial charge < -0.3 is 16.8 Å². The van der Waals surface area contributed by atoms with Gasteiger partial charge in [0.2, 0.25) is 0 Å². The van der Waals surface area contributed by atoms with Crippen molar-refractivity contribution in [3.8, 4) is 0 Å². The smallest absolute Gasteiger partial charge is 0.293 e. The van der Waals surface area contributed by atoms with Crippen molar-refractivity contribution in [2.75, 3.05) is 18.8 Å². The van der Waals surface area contributed by atoms with Gasteiger partial charge >= 0.3 is 0 Å². The highest BCUT2D eigenvalue weighted by atomic mass is 35.5. The molecule has 0 saturated carbocycles. The van der Waals surface area contributed by atoms with E-state index in [0.717, 1.165) is 0 Å². The molecule has 1 aromatic carbocycles. The minimum Gasteiger partial charge on any atom is -0.393 e. The number of hydrogen-bond acceptors (Lipinski definition) is 5. The van der Waals surface area contributed by atoms with Crippen LogP contribution in [0, 0.1) is 17.0 Å². The number of benzene rings is 1. The summed E-state index contributed by atoms with van der Waals surface area (Å²) in [5, 5.41) is 13.4. The van der Waals surface area contributed by atoms with Crippen molar-refractivity contribution in [1.82, 2.24) is 5.32 Å². The number of nitro benzene ring substituents is 1. The van der Waals surface area contributed by atoms with E-state index in [1.807, 2.05) is 0 Å². The summed E-state index contributed by atoms with van der Waals surface area (Å²) in [5.41, 5.74) is 11.3. The molecule has 0 aliphatic carbocycles. The van der Waals surface area contributed by atoms with E-state index in [1.165, 1.54) is 12.1 Å². The average molecular weight is 289 g/mol. The van der Waals surface area contributed by atoms with Crippen LogP contribution in [0.4, 0.5) is 11.4 Å². The highest BCUT2D eigenvalue weighted by molar-refractivity contribution is 6.01. The predicted molar refractivity (Wildman–Crippen MR) is 75.5 cm³/mol. The van der Waals surface area contributed by atoms with Crippen LogP contribution >= 0.6 is 12.4 Å². The number of amides is 1. The first-order valence-corrected chi connectivity index (χ1v) is 5.50. The Labute approximate surface area is 116 Å². The van der Waals surface area contributed by atoms with Gasteiger partial charge in [-0.2, -0.15) is 0 Å². The number of hydrogen-bond donors (Lipinski definition) is 3. The van der Waals surface area contributed by atoms with Gasteiger partial charge in [0.1, 0.15) is 5.69 Å². The molecule has 1 aromatic rings. The van der Waals surface area contributed by atoms with Crippen LogP contribution in [-0.2, 0) is 0 Å². The van der Waals surface area contributed by atoms with E-state index in [1.54, 1.807) is 6.92 Å². The second-order valence-electron chi connectivity index (χ2n) is 3.90. The minimum absolute atomic E-state index is 0. The van der Waals surface area contributed by atoms with Gasteiger partial charge in [0, 0.05) is 12.6 Å². The third kappa shape index (κ3) is 4.38. The lowest BCUT2D eigenvalue weighted by Crippen LogP contribution is -2.27. The molecule has 0 aromatic heterocycles. The second kappa shape index (κ2) is 7.55. The first kappa shape index (κ1) is 17.1. The summed E-state index contributed by atoms with van der Waals surface area (Å²) in [6.07, 6.45) is 0.638. The van der Waals surface area contributed by atoms with Crippen LogP contribution in [0.25, 0.3) is 0 Å². The Kier molecular flexibility index (Phi) is 6.81. The molecule has 0 bridgehead atoms. The first-order chi connectivity index (χ1) is 8.47. The van der Waals surface area contributed by atoms with Crippen molar-refractivity contribution >= 4 is 29.7 Å². The molecule has 0 unspecified atom stereocenters. The number of nitrogens with two attached hydrogens (primary N) is 2. The molecule has 7 nitrogen and oxygen atoms in total. The van der Waals surface area contributed by atoms with E-state index in [-0.39, 0.29) is 29.3 Å². The zero-order valence-electron chi connectivity index (χ0n) is 10.5. The van der Waals surface area contributed by atoms with Crippen molar-refractivity contribution in [2.24, 2.45) is 5.73 Å². The number of nitro groups is 1. The number of carbonyl (C=O) groups is 1. The molecule has 0 fully saturated rings. The molecule has 19 heavy (non-hydrogen) atoms. The van der Waals surface area contributed by atoms with E-state index in [4.69, 9.17) is 11.5 Å². The van der Waals surface area contributed by atoms with Crippen molar-refractivity contribution in [1.29, 1.82) is 0 Å². The van der Waals surface area contributed by atoms with Gasteiger partial charge in [-0.3, -0.25) is 14.9 Å². The quantitative estimate of drug-likeness (QED) is 0.322. The largest absolute Gasteiger partial charge is 0.393 e. The monoisotopic (exact) mass is 288 g/mol. The van der Waals surface area contributed by atoms with Gasteiger partial charge in [-0.15, -0.1) is 12.4 Å². The lowest BCUT2D eigenvalue weighted by Gasteiger charge is -2.08. The molecule has 0 spiro atoms. The average Bonchev–Trinajstić information content (AvgIpc) is 2.31. The fourth-order valence-corrected chi connectivity index (χ4v) is 1.52. The topological polar surface area (TPSA) is 124 Å². The van der Waals surface area contributed by atoms with Gasteiger partial charge in [0.05, 0.1) is 10.5 Å². The number of nitrogen functional groups attached to an aromatic ring is 1. The molecule has 1 rings (SSSR count). The highest BCUT2D eigenvalue weighted by Crippen LogP contribution is 2.26. The van der Waals surface area contributed by atoms with E-state index < -0.39 is 10.8 Å². The van der Waals surface area contributed by atoms with E-state index in [2.05, 4.69) is 5.32 Å². The predicted octanol–water partition coefficient (Wildman–Crippen LogP) is 0.986. The maximum Gasteiger partial charge on any atom is 0.293 e. The summed E-state index contributed by atoms with van der Waals surface area (Å²) >= 11 is 0. The van der Waals surface area contributed by atoms with E-state index >= 15 is 0 Å². The van der Waals surface area contributed by atoms with Crippen LogP contribution in [0.1, 0.15) is 22.3 Å². The number of nitrogens with one attached hydrogen (secondary N) is 1. The Balaban J connectivity index is 0.00000324. The Hall–Kier alpha value is -1.86. The zero-order valence-corrected chi connectivity index (χ0v) is 11.3. The number of anilines is 1. The SMILES string of the molecule is Cc1cc(C(=O)NCCCN)c(N)c([N+](=O)[O-])c1.Cl. The van der Waals surface area contributed by atoms with Crippen molar-refractivity contribution in [2.45, 2.75) is 13.3 Å². The van der Waals surface area contributed by atoms with Gasteiger partial charge in [-0.05, 0) is 31.5 Å². The number of aryl methyl sites for hydroxylation is 1. The second-order valence-corrected chi connectivity index (χ2v) is 3.90. The molecule has 0 radical (unpaired) electrons. The lowest BCUT2D eigenvalue weighted by atomic mass is 10.1. The van der Waals surface area contributed by atoms with Gasteiger partial charge in [-0.1, -0.05) is 0 Å². The van der Waals surface area contributed by atoms with Crippen LogP contribution in [0.2, 0.25) is 0 Å². The zero-order chi connectivity index (χ0) is 13.7. The minimum atomic E-state index is -0.598. The molecule has 0 aliphatic rings. The fourth-order valence-electron chi connectivity index (χ4n) is 1.52. The number of nitrogens with zero attached hydrogens (tertiary/aromatic N) is 1. The third-order valence-corrected chi connectivity index (χ3v) is 2.41. The molecule has 8 heteroatoms. The van der Waals surface area contributed by atoms with Crippen molar-refractivity contribution < 1.29 is 9.72 Å². The molecular formula is C11H17ClN4O3. The third-order valence-electron chi connectivity index (χ3n) is 2.41.